The fourth-order valence-corrected chi connectivity index (χ4v) is 4.23. The number of hydrogen-bond donors (Lipinski definition) is 2. The van der Waals surface area contributed by atoms with Gasteiger partial charge in [-0.1, -0.05) is 22.8 Å². The van der Waals surface area contributed by atoms with Crippen molar-refractivity contribution in [2.45, 2.75) is 37.6 Å². The fourth-order valence-electron chi connectivity index (χ4n) is 4.09. The summed E-state index contributed by atoms with van der Waals surface area (Å²) in [4.78, 5) is 15.7. The van der Waals surface area contributed by atoms with Crippen LogP contribution in [-0.2, 0) is 0 Å². The Morgan fingerprint density at radius 3 is 2.91 bits per heavy atom. The molecule has 2 aliphatic rings. The molecule has 2 fully saturated rings. The van der Waals surface area contributed by atoms with Crippen LogP contribution < -0.4 is 10.2 Å². The van der Waals surface area contributed by atoms with E-state index < -0.39 is 0 Å². The summed E-state index contributed by atoms with van der Waals surface area (Å²) in [6.45, 7) is 0.819. The van der Waals surface area contributed by atoms with Gasteiger partial charge in [-0.15, -0.1) is 0 Å². The molecule has 1 unspecified atom stereocenters. The molecular formula is C22H21ClN8O. The van der Waals surface area contributed by atoms with Gasteiger partial charge in [-0.25, -0.2) is 4.98 Å². The Morgan fingerprint density at radius 2 is 2.06 bits per heavy atom. The Hall–Kier alpha value is -3.46. The molecule has 4 aromatic rings. The predicted octanol–water partition coefficient (Wildman–Crippen LogP) is 4.87. The highest BCUT2D eigenvalue weighted by atomic mass is 35.5. The minimum absolute atomic E-state index is 0.000778. The summed E-state index contributed by atoms with van der Waals surface area (Å²) in [5, 5.41) is 15.3. The summed E-state index contributed by atoms with van der Waals surface area (Å²) >= 11 is 6.38. The van der Waals surface area contributed by atoms with Crippen molar-refractivity contribution in [3.63, 3.8) is 0 Å². The van der Waals surface area contributed by atoms with Crippen molar-refractivity contribution in [2.75, 3.05) is 16.8 Å². The summed E-state index contributed by atoms with van der Waals surface area (Å²) in [5.74, 6) is 3.19. The maximum absolute atomic E-state index is 6.38. The molecule has 1 saturated heterocycles. The zero-order valence-corrected chi connectivity index (χ0v) is 18.0. The van der Waals surface area contributed by atoms with E-state index in [2.05, 4.69) is 35.5 Å². The SMILES string of the molecule is Clc1cnc(N2CCCC2c2cc(-c3ccccn3)no2)nc1Nc1cc(C2CC2)[nH]n1. The van der Waals surface area contributed by atoms with Gasteiger partial charge in [-0.2, -0.15) is 10.1 Å². The third-order valence-corrected chi connectivity index (χ3v) is 6.16. The molecule has 4 aromatic heterocycles. The molecule has 0 aromatic carbocycles. The van der Waals surface area contributed by atoms with E-state index in [0.717, 1.165) is 42.2 Å². The molecule has 1 aliphatic carbocycles. The maximum atomic E-state index is 6.38. The predicted molar refractivity (Wildman–Crippen MR) is 120 cm³/mol. The molecule has 0 amide bonds. The van der Waals surface area contributed by atoms with Crippen molar-refractivity contribution >= 4 is 29.2 Å². The second kappa shape index (κ2) is 7.90. The monoisotopic (exact) mass is 448 g/mol. The molecule has 32 heavy (non-hydrogen) atoms. The van der Waals surface area contributed by atoms with Gasteiger partial charge in [-0.3, -0.25) is 10.1 Å². The number of nitrogens with one attached hydrogen (secondary N) is 2. The minimum Gasteiger partial charge on any atom is -0.358 e. The van der Waals surface area contributed by atoms with Crippen molar-refractivity contribution in [3.8, 4) is 11.4 Å². The van der Waals surface area contributed by atoms with E-state index in [-0.39, 0.29) is 6.04 Å². The van der Waals surface area contributed by atoms with Gasteiger partial charge in [0, 0.05) is 36.5 Å². The molecule has 9 nitrogen and oxygen atoms in total. The lowest BCUT2D eigenvalue weighted by atomic mass is 10.1. The van der Waals surface area contributed by atoms with Gasteiger partial charge in [-0.05, 0) is 37.8 Å². The standard InChI is InChI=1S/C22H21ClN8O/c23-14-12-25-22(27-21(14)26-20-11-16(28-29-20)13-6-7-13)31-9-3-5-18(31)19-10-17(30-32-19)15-4-1-2-8-24-15/h1-2,4,8,10-13,18H,3,5-7,9H2,(H2,25,26,27,28,29). The van der Waals surface area contributed by atoms with E-state index >= 15 is 0 Å². The molecule has 1 saturated carbocycles. The van der Waals surface area contributed by atoms with Crippen LogP contribution in [0.3, 0.4) is 0 Å². The number of rotatable bonds is 6. The van der Waals surface area contributed by atoms with Gasteiger partial charge in [0.1, 0.15) is 10.7 Å². The van der Waals surface area contributed by atoms with E-state index in [0.29, 0.717) is 28.5 Å². The van der Waals surface area contributed by atoms with Gasteiger partial charge in [0.2, 0.25) is 5.95 Å². The molecule has 1 atom stereocenters. The van der Waals surface area contributed by atoms with Crippen LogP contribution in [0, 0.1) is 0 Å². The first kappa shape index (κ1) is 19.2. The molecular weight excluding hydrogens is 428 g/mol. The molecule has 10 heteroatoms. The molecule has 6 rings (SSSR count). The van der Waals surface area contributed by atoms with Crippen LogP contribution in [0.1, 0.15) is 49.1 Å². The first-order chi connectivity index (χ1) is 15.7. The van der Waals surface area contributed by atoms with Crippen LogP contribution in [0.25, 0.3) is 11.4 Å². The van der Waals surface area contributed by atoms with E-state index in [4.69, 9.17) is 21.1 Å². The Balaban J connectivity index is 1.25. The van der Waals surface area contributed by atoms with E-state index in [1.54, 1.807) is 12.4 Å². The second-order valence-electron chi connectivity index (χ2n) is 8.16. The van der Waals surface area contributed by atoms with Gasteiger partial charge in [0.15, 0.2) is 17.4 Å². The quantitative estimate of drug-likeness (QED) is 0.430. The van der Waals surface area contributed by atoms with E-state index in [1.165, 1.54) is 12.8 Å². The second-order valence-corrected chi connectivity index (χ2v) is 8.56. The maximum Gasteiger partial charge on any atom is 0.228 e. The normalized spacial score (nSPS) is 18.3. The lowest BCUT2D eigenvalue weighted by molar-refractivity contribution is 0.362. The number of anilines is 3. The van der Waals surface area contributed by atoms with E-state index in [9.17, 15) is 0 Å². The smallest absolute Gasteiger partial charge is 0.228 e. The van der Waals surface area contributed by atoms with Crippen molar-refractivity contribution in [2.24, 2.45) is 0 Å². The van der Waals surface area contributed by atoms with Gasteiger partial charge < -0.3 is 14.7 Å². The van der Waals surface area contributed by atoms with Crippen LogP contribution in [-0.4, -0.2) is 36.9 Å². The minimum atomic E-state index is 0.000778. The summed E-state index contributed by atoms with van der Waals surface area (Å²) < 4.78 is 5.69. The number of hydrogen-bond acceptors (Lipinski definition) is 8. The van der Waals surface area contributed by atoms with Crippen molar-refractivity contribution in [1.29, 1.82) is 0 Å². The summed E-state index contributed by atoms with van der Waals surface area (Å²) in [5.41, 5.74) is 2.65. The third-order valence-electron chi connectivity index (χ3n) is 5.89. The zero-order chi connectivity index (χ0) is 21.5. The Morgan fingerprint density at radius 1 is 1.12 bits per heavy atom. The Bertz CT molecular complexity index is 1240. The number of pyridine rings is 1. The number of aromatic nitrogens is 6. The number of nitrogens with zero attached hydrogens (tertiary/aromatic N) is 6. The van der Waals surface area contributed by atoms with Crippen LogP contribution in [0.4, 0.5) is 17.6 Å². The van der Waals surface area contributed by atoms with Crippen LogP contribution in [0.5, 0.6) is 0 Å². The highest BCUT2D eigenvalue weighted by Gasteiger charge is 2.32. The first-order valence-electron chi connectivity index (χ1n) is 10.7. The lowest BCUT2D eigenvalue weighted by Crippen LogP contribution is -2.24. The molecule has 0 radical (unpaired) electrons. The molecule has 0 bridgehead atoms. The van der Waals surface area contributed by atoms with Crippen molar-refractivity contribution < 1.29 is 4.52 Å². The number of aromatic amines is 1. The average molecular weight is 449 g/mol. The number of H-pyrrole nitrogens is 1. The zero-order valence-electron chi connectivity index (χ0n) is 17.2. The molecule has 1 aliphatic heterocycles. The summed E-state index contributed by atoms with van der Waals surface area (Å²) in [6.07, 6.45) is 7.71. The summed E-state index contributed by atoms with van der Waals surface area (Å²) in [6, 6.07) is 9.69. The number of halogens is 1. The summed E-state index contributed by atoms with van der Waals surface area (Å²) in [7, 11) is 0. The van der Waals surface area contributed by atoms with Gasteiger partial charge >= 0.3 is 0 Å². The van der Waals surface area contributed by atoms with E-state index in [1.807, 2.05) is 30.3 Å². The van der Waals surface area contributed by atoms with Gasteiger partial charge in [0.25, 0.3) is 0 Å². The van der Waals surface area contributed by atoms with Crippen molar-refractivity contribution in [3.05, 3.63) is 59.2 Å². The average Bonchev–Trinajstić information content (AvgIpc) is 3.21. The third kappa shape index (κ3) is 3.69. The van der Waals surface area contributed by atoms with Crippen LogP contribution >= 0.6 is 11.6 Å². The molecule has 2 N–H and O–H groups in total. The largest absolute Gasteiger partial charge is 0.358 e. The van der Waals surface area contributed by atoms with Crippen molar-refractivity contribution in [1.82, 2.24) is 30.3 Å². The molecule has 162 valence electrons. The van der Waals surface area contributed by atoms with Gasteiger partial charge in [0.05, 0.1) is 17.9 Å². The molecule has 5 heterocycles. The topological polar surface area (TPSA) is 109 Å². The van der Waals surface area contributed by atoms with Crippen LogP contribution in [0.2, 0.25) is 5.02 Å². The highest BCUT2D eigenvalue weighted by Crippen LogP contribution is 2.40. The Kier molecular flexibility index (Phi) is 4.75. The lowest BCUT2D eigenvalue weighted by Gasteiger charge is -2.23. The Labute approximate surface area is 189 Å². The first-order valence-corrected chi connectivity index (χ1v) is 11.1. The fraction of sp³-hybridized carbons (Fsp3) is 0.318. The highest BCUT2D eigenvalue weighted by molar-refractivity contribution is 6.32. The molecule has 0 spiro atoms. The van der Waals surface area contributed by atoms with Crippen LogP contribution in [0.15, 0.2) is 47.2 Å².